The lowest BCUT2D eigenvalue weighted by atomic mass is 10.0. The molecule has 0 saturated carbocycles. The van der Waals surface area contributed by atoms with Crippen molar-refractivity contribution in [2.24, 2.45) is 0 Å². The first-order valence-corrected chi connectivity index (χ1v) is 8.88. The summed E-state index contributed by atoms with van der Waals surface area (Å²) < 4.78 is 0. The van der Waals surface area contributed by atoms with E-state index in [4.69, 9.17) is 5.41 Å². The highest BCUT2D eigenvalue weighted by molar-refractivity contribution is 6.23. The smallest absolute Gasteiger partial charge is 0.145 e. The SMILES string of the molecule is CCCCC[C@@H](CC)N1CC(O)=C(c2nc3ccccc3[nH]2)C1=N. The molecule has 0 unspecified atom stereocenters. The number of hydrogen-bond acceptors (Lipinski definition) is 3. The Morgan fingerprint density at radius 1 is 1.29 bits per heavy atom. The lowest BCUT2D eigenvalue weighted by molar-refractivity contribution is 0.272. The molecule has 1 aliphatic rings. The van der Waals surface area contributed by atoms with Gasteiger partial charge in [-0.05, 0) is 25.0 Å². The van der Waals surface area contributed by atoms with Crippen molar-refractivity contribution < 1.29 is 5.11 Å². The van der Waals surface area contributed by atoms with Crippen molar-refractivity contribution in [1.29, 1.82) is 5.41 Å². The van der Waals surface area contributed by atoms with E-state index in [2.05, 4.69) is 23.8 Å². The number of hydrogen-bond donors (Lipinski definition) is 3. The van der Waals surface area contributed by atoms with E-state index < -0.39 is 0 Å². The van der Waals surface area contributed by atoms with Gasteiger partial charge in [-0.1, -0.05) is 45.2 Å². The quantitative estimate of drug-likeness (QED) is 0.656. The first kappa shape index (κ1) is 16.6. The molecule has 1 aliphatic heterocycles. The van der Waals surface area contributed by atoms with Gasteiger partial charge in [0.05, 0.1) is 23.2 Å². The predicted octanol–water partition coefficient (Wildman–Crippen LogP) is 4.48. The number of aromatic nitrogens is 2. The van der Waals surface area contributed by atoms with Crippen LogP contribution in [0.4, 0.5) is 0 Å². The van der Waals surface area contributed by atoms with E-state index in [0.29, 0.717) is 29.8 Å². The summed E-state index contributed by atoms with van der Waals surface area (Å²) in [4.78, 5) is 9.80. The summed E-state index contributed by atoms with van der Waals surface area (Å²) in [5.74, 6) is 1.22. The van der Waals surface area contributed by atoms with Gasteiger partial charge >= 0.3 is 0 Å². The van der Waals surface area contributed by atoms with Crippen LogP contribution >= 0.6 is 0 Å². The largest absolute Gasteiger partial charge is 0.510 e. The Bertz CT molecular complexity index is 729. The molecule has 128 valence electrons. The minimum Gasteiger partial charge on any atom is -0.510 e. The Morgan fingerprint density at radius 2 is 2.08 bits per heavy atom. The zero-order chi connectivity index (χ0) is 17.1. The molecule has 5 nitrogen and oxygen atoms in total. The van der Waals surface area contributed by atoms with Crippen molar-refractivity contribution in [1.82, 2.24) is 14.9 Å². The number of rotatable bonds is 7. The molecule has 0 radical (unpaired) electrons. The van der Waals surface area contributed by atoms with Gasteiger partial charge in [0.15, 0.2) is 0 Å². The van der Waals surface area contributed by atoms with Gasteiger partial charge in [-0.3, -0.25) is 5.41 Å². The Kier molecular flexibility index (Phi) is 4.88. The maximum absolute atomic E-state index is 10.5. The number of aliphatic hydroxyl groups excluding tert-OH is 1. The second-order valence-electron chi connectivity index (χ2n) is 6.46. The number of benzene rings is 1. The number of unbranched alkanes of at least 4 members (excludes halogenated alkanes) is 2. The van der Waals surface area contributed by atoms with Gasteiger partial charge in [-0.2, -0.15) is 0 Å². The van der Waals surface area contributed by atoms with Crippen LogP contribution in [0.15, 0.2) is 30.0 Å². The van der Waals surface area contributed by atoms with Gasteiger partial charge in [0.25, 0.3) is 0 Å². The summed E-state index contributed by atoms with van der Waals surface area (Å²) in [6.07, 6.45) is 5.62. The molecule has 2 aromatic rings. The summed E-state index contributed by atoms with van der Waals surface area (Å²) in [5, 5.41) is 19.0. The summed E-state index contributed by atoms with van der Waals surface area (Å²) in [6, 6.07) is 8.08. The zero-order valence-corrected chi connectivity index (χ0v) is 14.5. The molecule has 2 heterocycles. The van der Waals surface area contributed by atoms with Crippen molar-refractivity contribution >= 4 is 22.4 Å². The van der Waals surface area contributed by atoms with Gasteiger partial charge in [-0.25, -0.2) is 4.98 Å². The summed E-state index contributed by atoms with van der Waals surface area (Å²) in [7, 11) is 0. The third-order valence-corrected chi connectivity index (χ3v) is 4.81. The molecular formula is C19H26N4O. The van der Waals surface area contributed by atoms with E-state index >= 15 is 0 Å². The molecular weight excluding hydrogens is 300 g/mol. The number of imidazole rings is 1. The molecule has 0 saturated heterocycles. The van der Waals surface area contributed by atoms with Gasteiger partial charge < -0.3 is 15.0 Å². The fraction of sp³-hybridized carbons (Fsp3) is 0.474. The monoisotopic (exact) mass is 326 g/mol. The normalized spacial score (nSPS) is 16.4. The predicted molar refractivity (Wildman–Crippen MR) is 98.3 cm³/mol. The Hall–Kier alpha value is -2.30. The van der Waals surface area contributed by atoms with Crippen molar-refractivity contribution in [3.05, 3.63) is 35.8 Å². The molecule has 0 fully saturated rings. The average molecular weight is 326 g/mol. The fourth-order valence-corrected chi connectivity index (χ4v) is 3.44. The van der Waals surface area contributed by atoms with Crippen LogP contribution in [0.1, 0.15) is 51.8 Å². The molecule has 0 bridgehead atoms. The average Bonchev–Trinajstić information content (AvgIpc) is 3.12. The molecule has 1 aromatic heterocycles. The highest BCUT2D eigenvalue weighted by Gasteiger charge is 2.33. The van der Waals surface area contributed by atoms with Gasteiger partial charge in [0, 0.05) is 6.04 Å². The number of aliphatic hydroxyl groups is 1. The molecule has 0 aliphatic carbocycles. The van der Waals surface area contributed by atoms with Crippen LogP contribution in [0.5, 0.6) is 0 Å². The van der Waals surface area contributed by atoms with E-state index in [-0.39, 0.29) is 5.76 Å². The first-order chi connectivity index (χ1) is 11.7. The molecule has 0 amide bonds. The maximum Gasteiger partial charge on any atom is 0.145 e. The second-order valence-corrected chi connectivity index (χ2v) is 6.46. The topological polar surface area (TPSA) is 76.0 Å². The van der Waals surface area contributed by atoms with E-state index in [1.165, 1.54) is 19.3 Å². The van der Waals surface area contributed by atoms with Crippen molar-refractivity contribution in [3.8, 4) is 0 Å². The van der Waals surface area contributed by atoms with E-state index in [0.717, 1.165) is 23.9 Å². The van der Waals surface area contributed by atoms with Crippen molar-refractivity contribution in [2.45, 2.75) is 52.0 Å². The van der Waals surface area contributed by atoms with E-state index in [1.807, 2.05) is 29.2 Å². The van der Waals surface area contributed by atoms with Crippen LogP contribution < -0.4 is 0 Å². The Balaban J connectivity index is 1.82. The Morgan fingerprint density at radius 3 is 2.79 bits per heavy atom. The third-order valence-electron chi connectivity index (χ3n) is 4.81. The molecule has 0 spiro atoms. The highest BCUT2D eigenvalue weighted by Crippen LogP contribution is 2.30. The van der Waals surface area contributed by atoms with Crippen LogP contribution in [0, 0.1) is 5.41 Å². The Labute approximate surface area is 142 Å². The number of para-hydroxylation sites is 2. The van der Waals surface area contributed by atoms with E-state index in [1.54, 1.807) is 0 Å². The molecule has 1 aromatic carbocycles. The molecule has 1 atom stereocenters. The van der Waals surface area contributed by atoms with Crippen molar-refractivity contribution in [2.75, 3.05) is 6.54 Å². The van der Waals surface area contributed by atoms with E-state index in [9.17, 15) is 5.11 Å². The summed E-state index contributed by atoms with van der Waals surface area (Å²) >= 11 is 0. The lowest BCUT2D eigenvalue weighted by Crippen LogP contribution is -2.37. The number of aromatic amines is 1. The highest BCUT2D eigenvalue weighted by atomic mass is 16.3. The zero-order valence-electron chi connectivity index (χ0n) is 14.5. The fourth-order valence-electron chi connectivity index (χ4n) is 3.44. The van der Waals surface area contributed by atoms with Crippen LogP contribution in [-0.2, 0) is 0 Å². The van der Waals surface area contributed by atoms with Gasteiger partial charge in [0.1, 0.15) is 17.4 Å². The first-order valence-electron chi connectivity index (χ1n) is 8.88. The maximum atomic E-state index is 10.5. The molecule has 3 N–H and O–H groups in total. The third kappa shape index (κ3) is 3.03. The van der Waals surface area contributed by atoms with Gasteiger partial charge in [0.2, 0.25) is 0 Å². The standard InChI is InChI=1S/C19H26N4O/c1-3-5-6-9-13(4-2)23-12-16(24)17(18(23)20)19-21-14-10-7-8-11-15(14)22-19/h7-8,10-11,13,20,24H,3-6,9,12H2,1-2H3,(H,21,22)/t13-/m1/s1. The number of H-pyrrole nitrogens is 1. The number of nitrogens with zero attached hydrogens (tertiary/aromatic N) is 2. The number of fused-ring (bicyclic) bond motifs is 1. The van der Waals surface area contributed by atoms with Crippen LogP contribution in [0.25, 0.3) is 16.6 Å². The summed E-state index contributed by atoms with van der Waals surface area (Å²) in [5.41, 5.74) is 2.32. The molecule has 24 heavy (non-hydrogen) atoms. The second kappa shape index (κ2) is 7.07. The minimum atomic E-state index is 0.244. The van der Waals surface area contributed by atoms with Crippen LogP contribution in [-0.4, -0.2) is 38.4 Å². The summed E-state index contributed by atoms with van der Waals surface area (Å²) in [6.45, 7) is 4.77. The number of amidine groups is 1. The van der Waals surface area contributed by atoms with Crippen LogP contribution in [0.3, 0.4) is 0 Å². The lowest BCUT2D eigenvalue weighted by Gasteiger charge is -2.29. The van der Waals surface area contributed by atoms with Gasteiger partial charge in [-0.15, -0.1) is 0 Å². The van der Waals surface area contributed by atoms with Crippen molar-refractivity contribution in [3.63, 3.8) is 0 Å². The van der Waals surface area contributed by atoms with Crippen LogP contribution in [0.2, 0.25) is 0 Å². The molecule has 3 rings (SSSR count). The minimum absolute atomic E-state index is 0.244. The number of nitrogens with one attached hydrogen (secondary N) is 2. The molecule has 5 heteroatoms.